The standard InChI is InChI=1S/C17H24N2O2/c1-6-20-14-8-9-15(21-7-2)17-16(14)13(18-5)10-12(19-17)11(3)4/h8-11H,6-7H2,1-5H3,(H,18,19). The second-order valence-electron chi connectivity index (χ2n) is 5.15. The van der Waals surface area contributed by atoms with E-state index >= 15 is 0 Å². The van der Waals surface area contributed by atoms with Crippen molar-refractivity contribution in [3.05, 3.63) is 23.9 Å². The first kappa shape index (κ1) is 15.4. The number of fused-ring (bicyclic) bond motifs is 1. The predicted octanol–water partition coefficient (Wildman–Crippen LogP) is 4.20. The maximum atomic E-state index is 5.76. The quantitative estimate of drug-likeness (QED) is 0.865. The van der Waals surface area contributed by atoms with Crippen molar-refractivity contribution in [3.63, 3.8) is 0 Å². The summed E-state index contributed by atoms with van der Waals surface area (Å²) >= 11 is 0. The molecule has 0 saturated carbocycles. The van der Waals surface area contributed by atoms with Gasteiger partial charge in [0.15, 0.2) is 0 Å². The van der Waals surface area contributed by atoms with Crippen molar-refractivity contribution in [1.29, 1.82) is 0 Å². The fourth-order valence-electron chi connectivity index (χ4n) is 2.35. The molecule has 0 aliphatic rings. The Kier molecular flexibility index (Phi) is 4.89. The molecule has 0 aliphatic heterocycles. The average Bonchev–Trinajstić information content (AvgIpc) is 2.48. The molecule has 2 aromatic rings. The van der Waals surface area contributed by atoms with Crippen molar-refractivity contribution in [2.75, 3.05) is 25.6 Å². The van der Waals surface area contributed by atoms with Gasteiger partial charge in [-0.15, -0.1) is 0 Å². The Bertz CT molecular complexity index is 624. The van der Waals surface area contributed by atoms with E-state index in [1.807, 2.05) is 33.0 Å². The summed E-state index contributed by atoms with van der Waals surface area (Å²) in [6.45, 7) is 9.48. The molecule has 114 valence electrons. The largest absolute Gasteiger partial charge is 0.493 e. The summed E-state index contributed by atoms with van der Waals surface area (Å²) in [6.07, 6.45) is 0. The minimum absolute atomic E-state index is 0.353. The van der Waals surface area contributed by atoms with Crippen molar-refractivity contribution in [2.24, 2.45) is 0 Å². The number of benzene rings is 1. The van der Waals surface area contributed by atoms with Crippen molar-refractivity contribution >= 4 is 16.6 Å². The number of nitrogens with zero attached hydrogens (tertiary/aromatic N) is 1. The molecule has 1 N–H and O–H groups in total. The fraction of sp³-hybridized carbons (Fsp3) is 0.471. The maximum Gasteiger partial charge on any atom is 0.145 e. The highest BCUT2D eigenvalue weighted by molar-refractivity contribution is 6.00. The molecular weight excluding hydrogens is 264 g/mol. The number of ether oxygens (including phenoxy) is 2. The summed E-state index contributed by atoms with van der Waals surface area (Å²) in [5.74, 6) is 1.99. The molecular formula is C17H24N2O2. The number of anilines is 1. The Morgan fingerprint density at radius 3 is 2.29 bits per heavy atom. The second-order valence-corrected chi connectivity index (χ2v) is 5.15. The second kappa shape index (κ2) is 6.66. The average molecular weight is 288 g/mol. The van der Waals surface area contributed by atoms with Gasteiger partial charge in [-0.25, -0.2) is 4.98 Å². The van der Waals surface area contributed by atoms with Crippen LogP contribution in [-0.4, -0.2) is 25.2 Å². The highest BCUT2D eigenvalue weighted by atomic mass is 16.5. The van der Waals surface area contributed by atoms with Crippen LogP contribution in [0.3, 0.4) is 0 Å². The molecule has 1 heterocycles. The van der Waals surface area contributed by atoms with E-state index < -0.39 is 0 Å². The molecule has 1 aromatic heterocycles. The topological polar surface area (TPSA) is 43.4 Å². The monoisotopic (exact) mass is 288 g/mol. The molecule has 0 atom stereocenters. The van der Waals surface area contributed by atoms with Crippen molar-refractivity contribution in [2.45, 2.75) is 33.6 Å². The molecule has 0 unspecified atom stereocenters. The first-order chi connectivity index (χ1) is 10.1. The molecule has 0 radical (unpaired) electrons. The van der Waals surface area contributed by atoms with Crippen LogP contribution in [0.25, 0.3) is 10.9 Å². The lowest BCUT2D eigenvalue weighted by molar-refractivity contribution is 0.336. The van der Waals surface area contributed by atoms with Crippen molar-refractivity contribution in [1.82, 2.24) is 4.98 Å². The zero-order chi connectivity index (χ0) is 15.4. The van der Waals surface area contributed by atoms with E-state index in [-0.39, 0.29) is 0 Å². The summed E-state index contributed by atoms with van der Waals surface area (Å²) in [5.41, 5.74) is 2.92. The molecule has 1 aromatic carbocycles. The third-order valence-corrected chi connectivity index (χ3v) is 3.37. The van der Waals surface area contributed by atoms with Crippen molar-refractivity contribution < 1.29 is 9.47 Å². The van der Waals surface area contributed by atoms with Gasteiger partial charge in [0.25, 0.3) is 0 Å². The number of aromatic nitrogens is 1. The molecule has 0 bridgehead atoms. The molecule has 4 heteroatoms. The third kappa shape index (κ3) is 3.04. The Hall–Kier alpha value is -1.97. The third-order valence-electron chi connectivity index (χ3n) is 3.37. The Morgan fingerprint density at radius 1 is 1.10 bits per heavy atom. The van der Waals surface area contributed by atoms with Gasteiger partial charge in [-0.2, -0.15) is 0 Å². The zero-order valence-corrected chi connectivity index (χ0v) is 13.5. The van der Waals surface area contributed by atoms with E-state index in [0.717, 1.165) is 33.8 Å². The fourth-order valence-corrected chi connectivity index (χ4v) is 2.35. The SMILES string of the molecule is CCOc1ccc(OCC)c2c(NC)cc(C(C)C)nc12. The first-order valence-corrected chi connectivity index (χ1v) is 7.53. The van der Waals surface area contributed by atoms with Gasteiger partial charge in [-0.3, -0.25) is 0 Å². The number of nitrogens with one attached hydrogen (secondary N) is 1. The summed E-state index contributed by atoms with van der Waals surface area (Å²) < 4.78 is 11.5. The lowest BCUT2D eigenvalue weighted by atomic mass is 10.1. The van der Waals surface area contributed by atoms with E-state index in [9.17, 15) is 0 Å². The van der Waals surface area contributed by atoms with Crippen LogP contribution >= 0.6 is 0 Å². The van der Waals surface area contributed by atoms with Crippen LogP contribution in [0.4, 0.5) is 5.69 Å². The molecule has 0 fully saturated rings. The molecule has 2 rings (SSSR count). The molecule has 0 spiro atoms. The highest BCUT2D eigenvalue weighted by Gasteiger charge is 2.16. The summed E-state index contributed by atoms with van der Waals surface area (Å²) in [6, 6.07) is 5.98. The van der Waals surface area contributed by atoms with E-state index in [2.05, 4.69) is 25.2 Å². The molecule has 0 amide bonds. The molecule has 21 heavy (non-hydrogen) atoms. The van der Waals surface area contributed by atoms with E-state index in [0.29, 0.717) is 19.1 Å². The predicted molar refractivity (Wildman–Crippen MR) is 87.7 cm³/mol. The lowest BCUT2D eigenvalue weighted by Crippen LogP contribution is -2.03. The van der Waals surface area contributed by atoms with Gasteiger partial charge in [-0.1, -0.05) is 13.8 Å². The lowest BCUT2D eigenvalue weighted by Gasteiger charge is -2.17. The summed E-state index contributed by atoms with van der Waals surface area (Å²) in [7, 11) is 1.92. The highest BCUT2D eigenvalue weighted by Crippen LogP contribution is 2.38. The van der Waals surface area contributed by atoms with Crippen LogP contribution in [0.5, 0.6) is 11.5 Å². The van der Waals surface area contributed by atoms with Crippen LogP contribution in [0.1, 0.15) is 39.3 Å². The summed E-state index contributed by atoms with van der Waals surface area (Å²) in [5, 5.41) is 4.24. The van der Waals surface area contributed by atoms with Gasteiger partial charge in [0.2, 0.25) is 0 Å². The van der Waals surface area contributed by atoms with Gasteiger partial charge in [-0.05, 0) is 38.0 Å². The van der Waals surface area contributed by atoms with Gasteiger partial charge >= 0.3 is 0 Å². The first-order valence-electron chi connectivity index (χ1n) is 7.53. The van der Waals surface area contributed by atoms with E-state index in [1.165, 1.54) is 0 Å². The minimum Gasteiger partial charge on any atom is -0.493 e. The van der Waals surface area contributed by atoms with Crippen LogP contribution < -0.4 is 14.8 Å². The number of rotatable bonds is 6. The smallest absolute Gasteiger partial charge is 0.145 e. The number of hydrogen-bond acceptors (Lipinski definition) is 4. The minimum atomic E-state index is 0.353. The Balaban J connectivity index is 2.78. The normalized spacial score (nSPS) is 11.0. The van der Waals surface area contributed by atoms with E-state index in [1.54, 1.807) is 0 Å². The van der Waals surface area contributed by atoms with E-state index in [4.69, 9.17) is 14.5 Å². The van der Waals surface area contributed by atoms with Crippen LogP contribution in [-0.2, 0) is 0 Å². The van der Waals surface area contributed by atoms with Crippen LogP contribution in [0.15, 0.2) is 18.2 Å². The number of pyridine rings is 1. The Morgan fingerprint density at radius 2 is 1.71 bits per heavy atom. The zero-order valence-electron chi connectivity index (χ0n) is 13.5. The van der Waals surface area contributed by atoms with Crippen LogP contribution in [0.2, 0.25) is 0 Å². The van der Waals surface area contributed by atoms with Crippen molar-refractivity contribution in [3.8, 4) is 11.5 Å². The molecule has 0 saturated heterocycles. The van der Waals surface area contributed by atoms with Crippen LogP contribution in [0, 0.1) is 0 Å². The maximum absolute atomic E-state index is 5.76. The van der Waals surface area contributed by atoms with Gasteiger partial charge in [0, 0.05) is 18.4 Å². The summed E-state index contributed by atoms with van der Waals surface area (Å²) in [4.78, 5) is 4.80. The van der Waals surface area contributed by atoms with Gasteiger partial charge in [0.05, 0.1) is 18.6 Å². The van der Waals surface area contributed by atoms with Gasteiger partial charge < -0.3 is 14.8 Å². The Labute approximate surface area is 126 Å². The van der Waals surface area contributed by atoms with Gasteiger partial charge in [0.1, 0.15) is 17.0 Å². The molecule has 0 aliphatic carbocycles. The molecule has 4 nitrogen and oxygen atoms in total. The number of hydrogen-bond donors (Lipinski definition) is 1.